The summed E-state index contributed by atoms with van der Waals surface area (Å²) in [6.45, 7) is 4.17. The maximum absolute atomic E-state index is 13.2. The first-order chi connectivity index (χ1) is 8.43. The highest BCUT2D eigenvalue weighted by Gasteiger charge is 2.15. The topological polar surface area (TPSA) is 29.1 Å². The van der Waals surface area contributed by atoms with Gasteiger partial charge in [-0.15, -0.1) is 0 Å². The standard InChI is InChI=1S/C13H16BrClFNO/c1-8(2)5-10(7-14)17-13(18)9-3-4-11(15)12(16)6-9/h3-4,6,8,10H,5,7H2,1-2H3,(H,17,18). The third-order valence-electron chi connectivity index (χ3n) is 2.46. The molecule has 18 heavy (non-hydrogen) atoms. The molecule has 1 N–H and O–H groups in total. The Kier molecular flexibility index (Phi) is 6.09. The van der Waals surface area contributed by atoms with Crippen molar-refractivity contribution in [3.05, 3.63) is 34.6 Å². The fourth-order valence-corrected chi connectivity index (χ4v) is 2.18. The SMILES string of the molecule is CC(C)CC(CBr)NC(=O)c1ccc(Cl)c(F)c1. The lowest BCUT2D eigenvalue weighted by Crippen LogP contribution is -2.37. The Bertz CT molecular complexity index is 425. The molecule has 0 aliphatic carbocycles. The molecule has 0 fully saturated rings. The average molecular weight is 337 g/mol. The minimum atomic E-state index is -0.580. The van der Waals surface area contributed by atoms with Gasteiger partial charge in [0.05, 0.1) is 5.02 Å². The molecule has 0 saturated carbocycles. The van der Waals surface area contributed by atoms with Crippen LogP contribution in [0.1, 0.15) is 30.6 Å². The lowest BCUT2D eigenvalue weighted by molar-refractivity contribution is 0.0936. The number of alkyl halides is 1. The number of benzene rings is 1. The summed E-state index contributed by atoms with van der Waals surface area (Å²) in [5, 5.41) is 3.56. The molecule has 1 rings (SSSR count). The second-order valence-electron chi connectivity index (χ2n) is 4.58. The second kappa shape index (κ2) is 7.10. The molecule has 0 spiro atoms. The summed E-state index contributed by atoms with van der Waals surface area (Å²) in [6, 6.07) is 4.09. The van der Waals surface area contributed by atoms with E-state index in [4.69, 9.17) is 11.6 Å². The van der Waals surface area contributed by atoms with Crippen LogP contribution in [0.4, 0.5) is 4.39 Å². The molecule has 1 amide bonds. The number of carbonyl (C=O) groups is 1. The molecule has 0 aliphatic rings. The Morgan fingerprint density at radius 1 is 1.50 bits per heavy atom. The first kappa shape index (κ1) is 15.4. The normalized spacial score (nSPS) is 12.6. The smallest absolute Gasteiger partial charge is 0.251 e. The van der Waals surface area contributed by atoms with Gasteiger partial charge < -0.3 is 5.32 Å². The van der Waals surface area contributed by atoms with Crippen LogP contribution in [0.3, 0.4) is 0 Å². The molecule has 1 atom stereocenters. The fraction of sp³-hybridized carbons (Fsp3) is 0.462. The molecule has 1 aromatic carbocycles. The Balaban J connectivity index is 2.71. The predicted octanol–water partition coefficient (Wildman–Crippen LogP) is 4.02. The zero-order chi connectivity index (χ0) is 13.7. The second-order valence-corrected chi connectivity index (χ2v) is 5.64. The zero-order valence-corrected chi connectivity index (χ0v) is 12.7. The van der Waals surface area contributed by atoms with Crippen molar-refractivity contribution in [3.63, 3.8) is 0 Å². The van der Waals surface area contributed by atoms with Crippen LogP contribution < -0.4 is 5.32 Å². The van der Waals surface area contributed by atoms with Crippen molar-refractivity contribution in [3.8, 4) is 0 Å². The summed E-state index contributed by atoms with van der Waals surface area (Å²) in [5.41, 5.74) is 0.284. The van der Waals surface area contributed by atoms with Crippen LogP contribution in [0.15, 0.2) is 18.2 Å². The van der Waals surface area contributed by atoms with Crippen molar-refractivity contribution in [2.75, 3.05) is 5.33 Å². The van der Waals surface area contributed by atoms with Crippen molar-refractivity contribution in [2.45, 2.75) is 26.3 Å². The predicted molar refractivity (Wildman–Crippen MR) is 75.9 cm³/mol. The number of amides is 1. The monoisotopic (exact) mass is 335 g/mol. The number of rotatable bonds is 5. The van der Waals surface area contributed by atoms with Gasteiger partial charge in [0.1, 0.15) is 5.82 Å². The van der Waals surface area contributed by atoms with E-state index in [-0.39, 0.29) is 22.5 Å². The largest absolute Gasteiger partial charge is 0.348 e. The van der Waals surface area contributed by atoms with E-state index in [9.17, 15) is 9.18 Å². The average Bonchev–Trinajstić information content (AvgIpc) is 2.31. The summed E-state index contributed by atoms with van der Waals surface area (Å²) in [5.74, 6) is -0.381. The number of carbonyl (C=O) groups excluding carboxylic acids is 1. The number of hydrogen-bond donors (Lipinski definition) is 1. The molecule has 0 radical (unpaired) electrons. The van der Waals surface area contributed by atoms with Gasteiger partial charge in [0.25, 0.3) is 5.91 Å². The van der Waals surface area contributed by atoms with E-state index in [0.29, 0.717) is 11.2 Å². The highest BCUT2D eigenvalue weighted by atomic mass is 79.9. The Hall–Kier alpha value is -0.610. The van der Waals surface area contributed by atoms with Gasteiger partial charge in [0.15, 0.2) is 0 Å². The molecule has 0 heterocycles. The third kappa shape index (κ3) is 4.58. The van der Waals surface area contributed by atoms with Crippen molar-refractivity contribution in [1.29, 1.82) is 0 Å². The van der Waals surface area contributed by atoms with Gasteiger partial charge in [-0.1, -0.05) is 41.4 Å². The van der Waals surface area contributed by atoms with E-state index in [1.807, 2.05) is 0 Å². The van der Waals surface area contributed by atoms with Crippen LogP contribution in [0, 0.1) is 11.7 Å². The summed E-state index contributed by atoms with van der Waals surface area (Å²) in [7, 11) is 0. The summed E-state index contributed by atoms with van der Waals surface area (Å²) < 4.78 is 13.2. The van der Waals surface area contributed by atoms with Crippen molar-refractivity contribution < 1.29 is 9.18 Å². The third-order valence-corrected chi connectivity index (χ3v) is 3.55. The number of hydrogen-bond acceptors (Lipinski definition) is 1. The maximum atomic E-state index is 13.2. The van der Waals surface area contributed by atoms with E-state index >= 15 is 0 Å². The highest BCUT2D eigenvalue weighted by Crippen LogP contribution is 2.16. The Labute approximate surface area is 120 Å². The van der Waals surface area contributed by atoms with Crippen LogP contribution in [0.5, 0.6) is 0 Å². The van der Waals surface area contributed by atoms with E-state index in [2.05, 4.69) is 35.1 Å². The zero-order valence-electron chi connectivity index (χ0n) is 10.3. The molecule has 1 unspecified atom stereocenters. The van der Waals surface area contributed by atoms with Crippen LogP contribution in [0.2, 0.25) is 5.02 Å². The number of halogens is 3. The summed E-state index contributed by atoms with van der Waals surface area (Å²) >= 11 is 8.93. The van der Waals surface area contributed by atoms with E-state index in [1.54, 1.807) is 0 Å². The van der Waals surface area contributed by atoms with Crippen LogP contribution in [0.25, 0.3) is 0 Å². The molecule has 0 aromatic heterocycles. The molecule has 0 saturated heterocycles. The van der Waals surface area contributed by atoms with Crippen molar-refractivity contribution in [1.82, 2.24) is 5.32 Å². The van der Waals surface area contributed by atoms with Gasteiger partial charge in [0, 0.05) is 16.9 Å². The minimum Gasteiger partial charge on any atom is -0.348 e. The summed E-state index contributed by atoms with van der Waals surface area (Å²) in [4.78, 5) is 11.9. The first-order valence-electron chi connectivity index (χ1n) is 5.76. The highest BCUT2D eigenvalue weighted by molar-refractivity contribution is 9.09. The van der Waals surface area contributed by atoms with Gasteiger partial charge in [-0.2, -0.15) is 0 Å². The molecule has 5 heteroatoms. The van der Waals surface area contributed by atoms with Crippen LogP contribution in [-0.2, 0) is 0 Å². The Morgan fingerprint density at radius 2 is 2.17 bits per heavy atom. The maximum Gasteiger partial charge on any atom is 0.251 e. The van der Waals surface area contributed by atoms with E-state index < -0.39 is 5.82 Å². The van der Waals surface area contributed by atoms with E-state index in [1.165, 1.54) is 12.1 Å². The molecule has 1 aromatic rings. The Morgan fingerprint density at radius 3 is 2.67 bits per heavy atom. The quantitative estimate of drug-likeness (QED) is 0.809. The molecular formula is C13H16BrClFNO. The molecular weight excluding hydrogens is 321 g/mol. The van der Waals surface area contributed by atoms with Crippen LogP contribution >= 0.6 is 27.5 Å². The minimum absolute atomic E-state index is 0.0192. The first-order valence-corrected chi connectivity index (χ1v) is 7.25. The molecule has 0 bridgehead atoms. The van der Waals surface area contributed by atoms with Gasteiger partial charge >= 0.3 is 0 Å². The molecule has 0 aliphatic heterocycles. The van der Waals surface area contributed by atoms with Crippen LogP contribution in [-0.4, -0.2) is 17.3 Å². The number of nitrogens with one attached hydrogen (secondary N) is 1. The lowest BCUT2D eigenvalue weighted by atomic mass is 10.0. The van der Waals surface area contributed by atoms with Gasteiger partial charge in [-0.25, -0.2) is 4.39 Å². The fourth-order valence-electron chi connectivity index (χ4n) is 1.64. The van der Waals surface area contributed by atoms with Crippen molar-refractivity contribution >= 4 is 33.4 Å². The molecule has 100 valence electrons. The van der Waals surface area contributed by atoms with Crippen molar-refractivity contribution in [2.24, 2.45) is 5.92 Å². The van der Waals surface area contributed by atoms with E-state index in [0.717, 1.165) is 12.5 Å². The molecule has 2 nitrogen and oxygen atoms in total. The van der Waals surface area contributed by atoms with Gasteiger partial charge in [0.2, 0.25) is 0 Å². The van der Waals surface area contributed by atoms with Gasteiger partial charge in [-0.3, -0.25) is 4.79 Å². The van der Waals surface area contributed by atoms with Gasteiger partial charge in [-0.05, 0) is 30.5 Å². The lowest BCUT2D eigenvalue weighted by Gasteiger charge is -2.18. The summed E-state index contributed by atoms with van der Waals surface area (Å²) in [6.07, 6.45) is 0.868.